The Morgan fingerprint density at radius 3 is 2.72 bits per heavy atom. The third kappa shape index (κ3) is 3.08. The van der Waals surface area contributed by atoms with Crippen LogP contribution in [0.5, 0.6) is 0 Å². The minimum atomic E-state index is -0.534. The van der Waals surface area contributed by atoms with Crippen LogP contribution in [0.25, 0.3) is 11.0 Å². The molecule has 6 nitrogen and oxygen atoms in total. The molecule has 2 aliphatic rings. The summed E-state index contributed by atoms with van der Waals surface area (Å²) in [5, 5.41) is 7.67. The maximum atomic E-state index is 15.2. The zero-order chi connectivity index (χ0) is 17.6. The van der Waals surface area contributed by atoms with Crippen molar-refractivity contribution in [3.05, 3.63) is 17.4 Å². The molecule has 1 saturated heterocycles. The number of aldehydes is 1. The minimum Gasteiger partial charge on any atom is -0.372 e. The molecule has 0 unspecified atom stereocenters. The maximum Gasteiger partial charge on any atom is 0.206 e. The monoisotopic (exact) mass is 347 g/mol. The van der Waals surface area contributed by atoms with E-state index in [0.717, 1.165) is 6.54 Å². The summed E-state index contributed by atoms with van der Waals surface area (Å²) in [6, 6.07) is 1.66. The number of nitrogens with one attached hydrogen (secondary N) is 1. The first-order valence-corrected chi connectivity index (χ1v) is 8.78. The third-order valence-electron chi connectivity index (χ3n) is 4.83. The average Bonchev–Trinajstić information content (AvgIpc) is 3.31. The summed E-state index contributed by atoms with van der Waals surface area (Å²) in [5.41, 5.74) is 0.670. The summed E-state index contributed by atoms with van der Waals surface area (Å²) in [5.74, 6) is 0.616. The predicted octanol–water partition coefficient (Wildman–Crippen LogP) is 3.21. The lowest BCUT2D eigenvalue weighted by Gasteiger charge is -2.37. The van der Waals surface area contributed by atoms with Crippen molar-refractivity contribution in [1.82, 2.24) is 5.16 Å². The summed E-state index contributed by atoms with van der Waals surface area (Å²) in [7, 11) is 0. The van der Waals surface area contributed by atoms with Crippen LogP contribution >= 0.6 is 0 Å². The molecule has 4 rings (SSSR count). The Balaban J connectivity index is 1.73. The van der Waals surface area contributed by atoms with E-state index in [4.69, 9.17) is 9.26 Å². The van der Waals surface area contributed by atoms with Crippen LogP contribution in [0.4, 0.5) is 15.9 Å². The number of hydrogen-bond donors (Lipinski definition) is 1. The molecule has 0 amide bonds. The molecule has 134 valence electrons. The molecule has 1 aromatic heterocycles. The highest BCUT2D eigenvalue weighted by Gasteiger charge is 2.29. The second kappa shape index (κ2) is 6.29. The molecule has 7 heteroatoms. The van der Waals surface area contributed by atoms with E-state index in [1.165, 1.54) is 12.8 Å². The smallest absolute Gasteiger partial charge is 0.206 e. The van der Waals surface area contributed by atoms with Crippen molar-refractivity contribution in [1.29, 1.82) is 0 Å². The van der Waals surface area contributed by atoms with E-state index in [9.17, 15) is 4.79 Å². The van der Waals surface area contributed by atoms with E-state index in [-0.39, 0.29) is 23.5 Å². The zero-order valence-electron chi connectivity index (χ0n) is 14.4. The Bertz CT molecular complexity index is 792. The van der Waals surface area contributed by atoms with Gasteiger partial charge in [-0.25, -0.2) is 4.39 Å². The van der Waals surface area contributed by atoms with Gasteiger partial charge in [0.05, 0.1) is 23.3 Å². The number of aromatic nitrogens is 1. The largest absolute Gasteiger partial charge is 0.372 e. The number of rotatable bonds is 5. The maximum absolute atomic E-state index is 15.2. The Morgan fingerprint density at radius 2 is 2.08 bits per heavy atom. The van der Waals surface area contributed by atoms with Crippen LogP contribution < -0.4 is 10.2 Å². The number of anilines is 2. The first-order chi connectivity index (χ1) is 12.1. The number of morpholine rings is 1. The summed E-state index contributed by atoms with van der Waals surface area (Å²) >= 11 is 0. The van der Waals surface area contributed by atoms with Crippen molar-refractivity contribution in [2.45, 2.75) is 38.9 Å². The lowest BCUT2D eigenvalue weighted by molar-refractivity contribution is -0.00543. The van der Waals surface area contributed by atoms with E-state index < -0.39 is 5.82 Å². The molecule has 2 aromatic rings. The third-order valence-corrected chi connectivity index (χ3v) is 4.83. The fraction of sp³-hybridized carbons (Fsp3) is 0.556. The van der Waals surface area contributed by atoms with Gasteiger partial charge < -0.3 is 19.5 Å². The molecule has 0 spiro atoms. The van der Waals surface area contributed by atoms with Gasteiger partial charge in [-0.05, 0) is 38.7 Å². The van der Waals surface area contributed by atoms with Gasteiger partial charge in [-0.1, -0.05) is 5.16 Å². The van der Waals surface area contributed by atoms with Gasteiger partial charge in [0.1, 0.15) is 0 Å². The molecule has 2 fully saturated rings. The first kappa shape index (κ1) is 16.3. The van der Waals surface area contributed by atoms with E-state index in [0.29, 0.717) is 42.1 Å². The molecule has 2 heterocycles. The SMILES string of the molecule is C[C@@H]1CN(c2c(C=O)cc3c(NCC4CC4)noc3c2F)C[C@H](C)O1. The average molecular weight is 347 g/mol. The second-order valence-corrected chi connectivity index (χ2v) is 7.14. The lowest BCUT2D eigenvalue weighted by Crippen LogP contribution is -2.46. The van der Waals surface area contributed by atoms with Crippen molar-refractivity contribution in [3.63, 3.8) is 0 Å². The highest BCUT2D eigenvalue weighted by atomic mass is 19.1. The van der Waals surface area contributed by atoms with Crippen molar-refractivity contribution in [2.24, 2.45) is 5.92 Å². The fourth-order valence-corrected chi connectivity index (χ4v) is 3.51. The second-order valence-electron chi connectivity index (χ2n) is 7.14. The van der Waals surface area contributed by atoms with E-state index in [1.54, 1.807) is 6.07 Å². The van der Waals surface area contributed by atoms with Crippen LogP contribution in [-0.2, 0) is 4.74 Å². The Kier molecular flexibility index (Phi) is 4.11. The molecule has 1 aromatic carbocycles. The van der Waals surface area contributed by atoms with Gasteiger partial charge in [0.2, 0.25) is 5.58 Å². The Morgan fingerprint density at radius 1 is 1.36 bits per heavy atom. The van der Waals surface area contributed by atoms with E-state index in [1.807, 2.05) is 18.7 Å². The van der Waals surface area contributed by atoms with Crippen LogP contribution in [0.1, 0.15) is 37.0 Å². The lowest BCUT2D eigenvalue weighted by atomic mass is 10.1. The number of nitrogens with zero attached hydrogens (tertiary/aromatic N) is 2. The van der Waals surface area contributed by atoms with Crippen molar-refractivity contribution in [2.75, 3.05) is 29.9 Å². The van der Waals surface area contributed by atoms with Crippen LogP contribution in [0.3, 0.4) is 0 Å². The molecule has 0 bridgehead atoms. The van der Waals surface area contributed by atoms with Gasteiger partial charge in [0.15, 0.2) is 17.9 Å². The quantitative estimate of drug-likeness (QED) is 0.838. The normalized spacial score (nSPS) is 23.9. The highest BCUT2D eigenvalue weighted by Crippen LogP contribution is 2.36. The van der Waals surface area contributed by atoms with E-state index in [2.05, 4.69) is 10.5 Å². The molecule has 1 aliphatic carbocycles. The van der Waals surface area contributed by atoms with E-state index >= 15 is 4.39 Å². The van der Waals surface area contributed by atoms with Crippen LogP contribution in [0.2, 0.25) is 0 Å². The number of halogens is 1. The number of ether oxygens (including phenoxy) is 1. The number of carbonyl (C=O) groups is 1. The van der Waals surface area contributed by atoms with Gasteiger partial charge in [-0.15, -0.1) is 0 Å². The summed E-state index contributed by atoms with van der Waals surface area (Å²) < 4.78 is 26.1. The summed E-state index contributed by atoms with van der Waals surface area (Å²) in [6.45, 7) is 5.71. The van der Waals surface area contributed by atoms with Crippen LogP contribution in [0.15, 0.2) is 10.6 Å². The molecular weight excluding hydrogens is 325 g/mol. The van der Waals surface area contributed by atoms with Gasteiger partial charge in [0, 0.05) is 25.2 Å². The number of hydrogen-bond acceptors (Lipinski definition) is 6. The molecule has 25 heavy (non-hydrogen) atoms. The molecule has 1 N–H and O–H groups in total. The first-order valence-electron chi connectivity index (χ1n) is 8.78. The van der Waals surface area contributed by atoms with Gasteiger partial charge in [0.25, 0.3) is 0 Å². The number of benzene rings is 1. The Labute approximate surface area is 145 Å². The van der Waals surface area contributed by atoms with Crippen molar-refractivity contribution in [3.8, 4) is 0 Å². The minimum absolute atomic E-state index is 0.0381. The van der Waals surface area contributed by atoms with Gasteiger partial charge in [-0.2, -0.15) is 0 Å². The standard InChI is InChI=1S/C18H22FN3O3/c1-10-7-22(8-11(2)24-10)16-13(9-23)5-14-17(15(16)19)25-21-18(14)20-6-12-3-4-12/h5,9-12H,3-4,6-8H2,1-2H3,(H,20,21)/t10-,11+. The number of carbonyl (C=O) groups excluding carboxylic acids is 1. The molecule has 1 saturated carbocycles. The zero-order valence-corrected chi connectivity index (χ0v) is 14.4. The van der Waals surface area contributed by atoms with Crippen LogP contribution in [0, 0.1) is 11.7 Å². The van der Waals surface area contributed by atoms with Crippen molar-refractivity contribution >= 4 is 28.8 Å². The predicted molar refractivity (Wildman–Crippen MR) is 92.8 cm³/mol. The van der Waals surface area contributed by atoms with Gasteiger partial charge >= 0.3 is 0 Å². The molecule has 2 atom stereocenters. The molecular formula is C18H22FN3O3. The summed E-state index contributed by atoms with van der Waals surface area (Å²) in [4.78, 5) is 13.5. The fourth-order valence-electron chi connectivity index (χ4n) is 3.51. The molecule has 0 radical (unpaired) electrons. The summed E-state index contributed by atoms with van der Waals surface area (Å²) in [6.07, 6.45) is 3.02. The Hall–Kier alpha value is -2.15. The number of fused-ring (bicyclic) bond motifs is 1. The van der Waals surface area contributed by atoms with Gasteiger partial charge in [-0.3, -0.25) is 4.79 Å². The highest BCUT2D eigenvalue weighted by molar-refractivity contribution is 5.98. The van der Waals surface area contributed by atoms with Crippen molar-refractivity contribution < 1.29 is 18.4 Å². The van der Waals surface area contributed by atoms with Crippen LogP contribution in [-0.4, -0.2) is 43.3 Å². The molecule has 1 aliphatic heterocycles. The topological polar surface area (TPSA) is 67.6 Å².